The third kappa shape index (κ3) is 5.06. The van der Waals surface area contributed by atoms with Crippen molar-refractivity contribution in [3.8, 4) is 0 Å². The first-order valence-corrected chi connectivity index (χ1v) is 10.8. The maximum Gasteiger partial charge on any atom is 0.327 e. The molecule has 1 atom stereocenters. The van der Waals surface area contributed by atoms with Crippen LogP contribution >= 0.6 is 11.8 Å². The molecule has 0 bridgehead atoms. The van der Waals surface area contributed by atoms with Gasteiger partial charge in [-0.2, -0.15) is 0 Å². The number of ether oxygens (including phenoxy) is 1. The summed E-state index contributed by atoms with van der Waals surface area (Å²) in [5.74, 6) is -0.548. The van der Waals surface area contributed by atoms with E-state index in [-0.39, 0.29) is 23.5 Å². The first-order valence-electron chi connectivity index (χ1n) is 9.96. The number of esters is 1. The van der Waals surface area contributed by atoms with E-state index in [0.29, 0.717) is 12.8 Å². The Balaban J connectivity index is 2.12. The Labute approximate surface area is 185 Å². The maximum atomic E-state index is 13.6. The molecule has 31 heavy (non-hydrogen) atoms. The minimum atomic E-state index is -1.36. The molecular weight excluding hydrogens is 412 g/mol. The minimum absolute atomic E-state index is 0.0705. The van der Waals surface area contributed by atoms with Crippen LogP contribution in [0.25, 0.3) is 0 Å². The van der Waals surface area contributed by atoms with E-state index >= 15 is 0 Å². The molecule has 7 heteroatoms. The van der Waals surface area contributed by atoms with Crippen molar-refractivity contribution in [2.45, 2.75) is 36.0 Å². The fraction of sp³-hybridized carbons (Fsp3) is 0.208. The summed E-state index contributed by atoms with van der Waals surface area (Å²) in [6, 6.07) is 23.1. The fourth-order valence-electron chi connectivity index (χ4n) is 3.50. The molecule has 0 aliphatic heterocycles. The van der Waals surface area contributed by atoms with Crippen molar-refractivity contribution < 1.29 is 14.5 Å². The Kier molecular flexibility index (Phi) is 7.31. The number of thioether (sulfide) groups is 1. The number of benzene rings is 3. The van der Waals surface area contributed by atoms with Crippen LogP contribution in [0.2, 0.25) is 0 Å². The molecule has 6 nitrogen and oxygen atoms in total. The lowest BCUT2D eigenvalue weighted by Crippen LogP contribution is -2.36. The molecule has 0 fully saturated rings. The monoisotopic (exact) mass is 436 g/mol. The molecule has 0 aliphatic carbocycles. The second-order valence-electron chi connectivity index (χ2n) is 7.05. The summed E-state index contributed by atoms with van der Waals surface area (Å²) in [6.07, 6.45) is 0.932. The molecule has 160 valence electrons. The van der Waals surface area contributed by atoms with Crippen LogP contribution in [-0.2, 0) is 20.9 Å². The van der Waals surface area contributed by atoms with Crippen LogP contribution in [0, 0.1) is 10.1 Å². The number of carbonyl (C=O) groups excluding carboxylic acids is 1. The predicted molar refractivity (Wildman–Crippen MR) is 123 cm³/mol. The normalized spacial score (nSPS) is 12.7. The summed E-state index contributed by atoms with van der Waals surface area (Å²) >= 11 is 1.24. The van der Waals surface area contributed by atoms with Gasteiger partial charge in [-0.05, 0) is 30.2 Å². The van der Waals surface area contributed by atoms with E-state index in [2.05, 4.69) is 0 Å². The third-order valence-electron chi connectivity index (χ3n) is 4.86. The molecule has 0 spiro atoms. The van der Waals surface area contributed by atoms with Gasteiger partial charge in [0.1, 0.15) is 6.61 Å². The highest BCUT2D eigenvalue weighted by molar-refractivity contribution is 8.01. The first kappa shape index (κ1) is 22.4. The topological polar surface area (TPSA) is 95.5 Å². The SMILES string of the molecule is CCCC(Sc1ccccc1)(C(=O)OCc1ccccc1)c1c(N)cccc1[N+](=O)[O-]. The summed E-state index contributed by atoms with van der Waals surface area (Å²) in [7, 11) is 0. The number of nitrogens with zero attached hydrogens (tertiary/aromatic N) is 1. The molecule has 3 aromatic rings. The zero-order chi connectivity index (χ0) is 22.3. The van der Waals surface area contributed by atoms with E-state index in [1.54, 1.807) is 6.07 Å². The van der Waals surface area contributed by atoms with Crippen molar-refractivity contribution >= 4 is 29.1 Å². The van der Waals surface area contributed by atoms with Gasteiger partial charge >= 0.3 is 5.97 Å². The van der Waals surface area contributed by atoms with E-state index in [0.717, 1.165) is 10.5 Å². The second-order valence-corrected chi connectivity index (χ2v) is 8.42. The number of hydrogen-bond donors (Lipinski definition) is 1. The highest BCUT2D eigenvalue weighted by Crippen LogP contribution is 2.51. The van der Waals surface area contributed by atoms with Crippen LogP contribution < -0.4 is 5.73 Å². The molecule has 0 radical (unpaired) electrons. The van der Waals surface area contributed by atoms with Gasteiger partial charge in [0.25, 0.3) is 5.69 Å². The van der Waals surface area contributed by atoms with Gasteiger partial charge in [0, 0.05) is 16.6 Å². The standard InChI is InChI=1S/C24H24N2O4S/c1-2-16-24(31-19-12-7-4-8-13-19,22-20(25)14-9-15-21(22)26(28)29)23(27)30-17-18-10-5-3-6-11-18/h3-15H,2,16-17,25H2,1H3. The quantitative estimate of drug-likeness (QED) is 0.152. The van der Waals surface area contributed by atoms with Crippen LogP contribution in [0.3, 0.4) is 0 Å². The molecule has 3 rings (SSSR count). The summed E-state index contributed by atoms with van der Waals surface area (Å²) < 4.78 is 4.36. The van der Waals surface area contributed by atoms with E-state index in [9.17, 15) is 14.9 Å². The molecular formula is C24H24N2O4S. The van der Waals surface area contributed by atoms with Gasteiger partial charge in [-0.15, -0.1) is 11.8 Å². The fourth-order valence-corrected chi connectivity index (χ4v) is 4.97. The van der Waals surface area contributed by atoms with Crippen molar-refractivity contribution in [1.82, 2.24) is 0 Å². The predicted octanol–water partition coefficient (Wildman–Crippen LogP) is 5.71. The number of anilines is 1. The lowest BCUT2D eigenvalue weighted by atomic mass is 9.90. The minimum Gasteiger partial charge on any atom is -0.460 e. The molecule has 0 saturated heterocycles. The molecule has 0 heterocycles. The average Bonchev–Trinajstić information content (AvgIpc) is 2.78. The van der Waals surface area contributed by atoms with E-state index in [1.807, 2.05) is 67.6 Å². The first-order chi connectivity index (χ1) is 15.0. The van der Waals surface area contributed by atoms with E-state index in [4.69, 9.17) is 10.5 Å². The Morgan fingerprint density at radius 1 is 1.03 bits per heavy atom. The van der Waals surface area contributed by atoms with E-state index < -0.39 is 15.6 Å². The number of rotatable bonds is 9. The molecule has 2 N–H and O–H groups in total. The molecule has 0 aromatic heterocycles. The smallest absolute Gasteiger partial charge is 0.327 e. The second kappa shape index (κ2) is 10.1. The summed E-state index contributed by atoms with van der Waals surface area (Å²) in [6.45, 7) is 2.00. The molecule has 0 amide bonds. The van der Waals surface area contributed by atoms with Gasteiger partial charge in [-0.3, -0.25) is 14.9 Å². The summed E-state index contributed by atoms with van der Waals surface area (Å²) in [5.41, 5.74) is 7.28. The van der Waals surface area contributed by atoms with Crippen LogP contribution in [0.1, 0.15) is 30.9 Å². The zero-order valence-corrected chi connectivity index (χ0v) is 18.0. The Morgan fingerprint density at radius 3 is 2.29 bits per heavy atom. The van der Waals surface area contributed by atoms with E-state index in [1.165, 1.54) is 23.9 Å². The van der Waals surface area contributed by atoms with Crippen LogP contribution in [0.4, 0.5) is 11.4 Å². The third-order valence-corrected chi connectivity index (χ3v) is 6.29. The van der Waals surface area contributed by atoms with Crippen molar-refractivity contribution in [3.05, 3.63) is 100 Å². The van der Waals surface area contributed by atoms with Gasteiger partial charge < -0.3 is 10.5 Å². The lowest BCUT2D eigenvalue weighted by molar-refractivity contribution is -0.385. The van der Waals surface area contributed by atoms with Crippen molar-refractivity contribution in [2.75, 3.05) is 5.73 Å². The molecule has 0 aliphatic rings. The molecule has 0 saturated carbocycles. The highest BCUT2D eigenvalue weighted by atomic mass is 32.2. The van der Waals surface area contributed by atoms with Gasteiger partial charge in [-0.1, -0.05) is 67.9 Å². The maximum absolute atomic E-state index is 13.6. The Morgan fingerprint density at radius 2 is 1.68 bits per heavy atom. The van der Waals surface area contributed by atoms with Crippen LogP contribution in [-0.4, -0.2) is 10.9 Å². The number of carbonyl (C=O) groups is 1. The Hall–Kier alpha value is -3.32. The highest BCUT2D eigenvalue weighted by Gasteiger charge is 2.48. The van der Waals surface area contributed by atoms with Gasteiger partial charge in [0.15, 0.2) is 4.75 Å². The number of nitro benzene ring substituents is 1. The zero-order valence-electron chi connectivity index (χ0n) is 17.2. The van der Waals surface area contributed by atoms with Gasteiger partial charge in [-0.25, -0.2) is 0 Å². The number of nitrogen functional groups attached to an aromatic ring is 1. The summed E-state index contributed by atoms with van der Waals surface area (Å²) in [5, 5.41) is 11.9. The number of hydrogen-bond acceptors (Lipinski definition) is 6. The largest absolute Gasteiger partial charge is 0.460 e. The van der Waals surface area contributed by atoms with Crippen molar-refractivity contribution in [2.24, 2.45) is 0 Å². The van der Waals surface area contributed by atoms with Gasteiger partial charge in [0.05, 0.1) is 10.5 Å². The summed E-state index contributed by atoms with van der Waals surface area (Å²) in [4.78, 5) is 25.8. The lowest BCUT2D eigenvalue weighted by Gasteiger charge is -2.32. The van der Waals surface area contributed by atoms with Crippen molar-refractivity contribution in [3.63, 3.8) is 0 Å². The molecule has 3 aromatic carbocycles. The van der Waals surface area contributed by atoms with Gasteiger partial charge in [0.2, 0.25) is 0 Å². The van der Waals surface area contributed by atoms with Crippen LogP contribution in [0.5, 0.6) is 0 Å². The Bertz CT molecular complexity index is 1040. The van der Waals surface area contributed by atoms with Crippen molar-refractivity contribution in [1.29, 1.82) is 0 Å². The molecule has 1 unspecified atom stereocenters. The number of nitrogens with two attached hydrogens (primary N) is 1. The average molecular weight is 437 g/mol. The number of nitro groups is 1. The van der Waals surface area contributed by atoms with Crippen LogP contribution in [0.15, 0.2) is 83.8 Å².